The zero-order valence-electron chi connectivity index (χ0n) is 9.93. The molecule has 1 amide bonds. The third-order valence-electron chi connectivity index (χ3n) is 2.57. The van der Waals surface area contributed by atoms with Gasteiger partial charge in [0.1, 0.15) is 0 Å². The van der Waals surface area contributed by atoms with Gasteiger partial charge in [-0.15, -0.1) is 0 Å². The lowest BCUT2D eigenvalue weighted by atomic mass is 10.1. The summed E-state index contributed by atoms with van der Waals surface area (Å²) < 4.78 is 0.889. The predicted molar refractivity (Wildman–Crippen MR) is 74.3 cm³/mol. The van der Waals surface area contributed by atoms with Gasteiger partial charge in [0.05, 0.1) is 11.7 Å². The first-order chi connectivity index (χ1) is 8.66. The van der Waals surface area contributed by atoms with Gasteiger partial charge in [-0.05, 0) is 37.3 Å². The molecule has 18 heavy (non-hydrogen) atoms. The van der Waals surface area contributed by atoms with Gasteiger partial charge in [-0.1, -0.05) is 28.1 Å². The van der Waals surface area contributed by atoms with Crippen molar-refractivity contribution in [3.8, 4) is 0 Å². The molecule has 1 heterocycles. The molecular weight excluding hydrogens is 292 g/mol. The number of carbonyl (C=O) groups is 1. The molecule has 0 aliphatic heterocycles. The van der Waals surface area contributed by atoms with Crippen molar-refractivity contribution in [2.24, 2.45) is 0 Å². The van der Waals surface area contributed by atoms with E-state index in [-0.39, 0.29) is 11.9 Å². The molecule has 0 saturated carbocycles. The summed E-state index contributed by atoms with van der Waals surface area (Å²) in [4.78, 5) is 16.2. The van der Waals surface area contributed by atoms with E-state index in [1.165, 1.54) is 0 Å². The van der Waals surface area contributed by atoms with Crippen molar-refractivity contribution in [3.63, 3.8) is 0 Å². The number of nitrogens with one attached hydrogen (secondary N) is 1. The largest absolute Gasteiger partial charge is 0.344 e. The maximum atomic E-state index is 12.0. The number of benzene rings is 1. The number of aromatic nitrogens is 1. The molecular formula is C14H13BrN2O. The molecule has 3 nitrogen and oxygen atoms in total. The number of hydrogen-bond donors (Lipinski definition) is 1. The highest BCUT2D eigenvalue weighted by atomic mass is 79.9. The lowest BCUT2D eigenvalue weighted by molar-refractivity contribution is 0.0939. The van der Waals surface area contributed by atoms with Crippen molar-refractivity contribution < 1.29 is 4.79 Å². The van der Waals surface area contributed by atoms with Crippen LogP contribution in [0.15, 0.2) is 53.1 Å². The van der Waals surface area contributed by atoms with Gasteiger partial charge in [-0.25, -0.2) is 0 Å². The van der Waals surface area contributed by atoms with Crippen LogP contribution >= 0.6 is 15.9 Å². The molecule has 0 fully saturated rings. The summed E-state index contributed by atoms with van der Waals surface area (Å²) in [6.07, 6.45) is 1.72. The highest BCUT2D eigenvalue weighted by Crippen LogP contribution is 2.13. The Morgan fingerprint density at radius 2 is 2.11 bits per heavy atom. The number of amides is 1. The van der Waals surface area contributed by atoms with E-state index in [1.807, 2.05) is 37.3 Å². The zero-order chi connectivity index (χ0) is 13.0. The van der Waals surface area contributed by atoms with Gasteiger partial charge in [0.25, 0.3) is 5.91 Å². The van der Waals surface area contributed by atoms with Gasteiger partial charge < -0.3 is 5.32 Å². The lowest BCUT2D eigenvalue weighted by Crippen LogP contribution is -2.27. The standard InChI is InChI=1S/C14H13BrN2O/c1-10(13-7-2-3-8-16-13)17-14(18)11-5-4-6-12(15)9-11/h2-10H,1H3,(H,17,18)/t10-/m0/s1. The van der Waals surface area contributed by atoms with E-state index >= 15 is 0 Å². The maximum Gasteiger partial charge on any atom is 0.251 e. The quantitative estimate of drug-likeness (QED) is 0.945. The van der Waals surface area contributed by atoms with Crippen molar-refractivity contribution >= 4 is 21.8 Å². The van der Waals surface area contributed by atoms with Crippen LogP contribution in [0.4, 0.5) is 0 Å². The average molecular weight is 305 g/mol. The van der Waals surface area contributed by atoms with Crippen LogP contribution in [0.3, 0.4) is 0 Å². The van der Waals surface area contributed by atoms with Gasteiger partial charge >= 0.3 is 0 Å². The molecule has 1 aromatic carbocycles. The van der Waals surface area contributed by atoms with Crippen molar-refractivity contribution in [2.75, 3.05) is 0 Å². The number of hydrogen-bond acceptors (Lipinski definition) is 2. The van der Waals surface area contributed by atoms with Crippen LogP contribution < -0.4 is 5.32 Å². The fourth-order valence-corrected chi connectivity index (χ4v) is 2.01. The number of nitrogens with zero attached hydrogens (tertiary/aromatic N) is 1. The third kappa shape index (κ3) is 3.17. The Labute approximate surface area is 114 Å². The van der Waals surface area contributed by atoms with Crippen LogP contribution in [-0.4, -0.2) is 10.9 Å². The third-order valence-corrected chi connectivity index (χ3v) is 3.06. The summed E-state index contributed by atoms with van der Waals surface area (Å²) in [5.74, 6) is -0.102. The monoisotopic (exact) mass is 304 g/mol. The van der Waals surface area contributed by atoms with Gasteiger partial charge in [-0.3, -0.25) is 9.78 Å². The molecule has 2 rings (SSSR count). The molecule has 1 aromatic heterocycles. The van der Waals surface area contributed by atoms with Crippen molar-refractivity contribution in [1.82, 2.24) is 10.3 Å². The Hall–Kier alpha value is -1.68. The fraction of sp³-hybridized carbons (Fsp3) is 0.143. The van der Waals surface area contributed by atoms with Crippen LogP contribution in [0.2, 0.25) is 0 Å². The van der Waals surface area contributed by atoms with E-state index in [9.17, 15) is 4.79 Å². The van der Waals surface area contributed by atoms with E-state index in [0.717, 1.165) is 10.2 Å². The van der Waals surface area contributed by atoms with Gasteiger partial charge in [0, 0.05) is 16.2 Å². The van der Waals surface area contributed by atoms with Crippen molar-refractivity contribution in [1.29, 1.82) is 0 Å². The Balaban J connectivity index is 2.08. The lowest BCUT2D eigenvalue weighted by Gasteiger charge is -2.13. The number of carbonyl (C=O) groups excluding carboxylic acids is 1. The molecule has 0 bridgehead atoms. The van der Waals surface area contributed by atoms with Gasteiger partial charge in [0.15, 0.2) is 0 Å². The molecule has 2 aromatic rings. The van der Waals surface area contributed by atoms with E-state index < -0.39 is 0 Å². The second-order valence-electron chi connectivity index (χ2n) is 3.96. The molecule has 0 unspecified atom stereocenters. The molecule has 1 atom stereocenters. The second kappa shape index (κ2) is 5.78. The molecule has 1 N–H and O–H groups in total. The van der Waals surface area contributed by atoms with Crippen LogP contribution in [0.1, 0.15) is 29.0 Å². The minimum Gasteiger partial charge on any atom is -0.344 e. The number of halogens is 1. The van der Waals surface area contributed by atoms with Crippen molar-refractivity contribution in [3.05, 3.63) is 64.4 Å². The van der Waals surface area contributed by atoms with E-state index in [2.05, 4.69) is 26.2 Å². The Morgan fingerprint density at radius 3 is 2.78 bits per heavy atom. The molecule has 92 valence electrons. The molecule has 0 radical (unpaired) electrons. The predicted octanol–water partition coefficient (Wildman–Crippen LogP) is 3.34. The average Bonchev–Trinajstić information content (AvgIpc) is 2.39. The van der Waals surface area contributed by atoms with E-state index in [4.69, 9.17) is 0 Å². The summed E-state index contributed by atoms with van der Waals surface area (Å²) in [5.41, 5.74) is 1.48. The van der Waals surface area contributed by atoms with Crippen LogP contribution in [-0.2, 0) is 0 Å². The fourth-order valence-electron chi connectivity index (χ4n) is 1.62. The van der Waals surface area contributed by atoms with E-state index in [0.29, 0.717) is 5.56 Å². The van der Waals surface area contributed by atoms with Crippen LogP contribution in [0.5, 0.6) is 0 Å². The Bertz CT molecular complexity index is 543. The first kappa shape index (κ1) is 12.8. The first-order valence-electron chi connectivity index (χ1n) is 5.64. The Kier molecular flexibility index (Phi) is 4.10. The van der Waals surface area contributed by atoms with Gasteiger partial charge in [-0.2, -0.15) is 0 Å². The topological polar surface area (TPSA) is 42.0 Å². The Morgan fingerprint density at radius 1 is 1.28 bits per heavy atom. The molecule has 0 aliphatic rings. The SMILES string of the molecule is C[C@H](NC(=O)c1cccc(Br)c1)c1ccccn1. The summed E-state index contributed by atoms with van der Waals surface area (Å²) >= 11 is 3.35. The number of pyridine rings is 1. The minimum atomic E-state index is -0.113. The summed E-state index contributed by atoms with van der Waals surface area (Å²) in [6, 6.07) is 12.8. The number of rotatable bonds is 3. The summed E-state index contributed by atoms with van der Waals surface area (Å²) in [6.45, 7) is 1.91. The normalized spacial score (nSPS) is 11.9. The molecule has 0 saturated heterocycles. The van der Waals surface area contributed by atoms with Crippen LogP contribution in [0.25, 0.3) is 0 Å². The van der Waals surface area contributed by atoms with Gasteiger partial charge in [0.2, 0.25) is 0 Å². The van der Waals surface area contributed by atoms with Crippen LogP contribution in [0, 0.1) is 0 Å². The first-order valence-corrected chi connectivity index (χ1v) is 6.43. The molecule has 0 aliphatic carbocycles. The van der Waals surface area contributed by atoms with E-state index in [1.54, 1.807) is 18.3 Å². The highest BCUT2D eigenvalue weighted by molar-refractivity contribution is 9.10. The smallest absolute Gasteiger partial charge is 0.251 e. The maximum absolute atomic E-state index is 12.0. The second-order valence-corrected chi connectivity index (χ2v) is 4.88. The van der Waals surface area contributed by atoms with Crippen molar-refractivity contribution in [2.45, 2.75) is 13.0 Å². The zero-order valence-corrected chi connectivity index (χ0v) is 11.5. The molecule has 4 heteroatoms. The minimum absolute atomic E-state index is 0.102. The summed E-state index contributed by atoms with van der Waals surface area (Å²) in [5, 5.41) is 2.92. The summed E-state index contributed by atoms with van der Waals surface area (Å²) in [7, 11) is 0. The molecule has 0 spiro atoms. The highest BCUT2D eigenvalue weighted by Gasteiger charge is 2.11.